The molecular weight excluding hydrogens is 323 g/mol. The maximum atomic E-state index is 13.9. The first kappa shape index (κ1) is 15.5. The van der Waals surface area contributed by atoms with Gasteiger partial charge in [-0.3, -0.25) is 9.88 Å². The molecule has 0 saturated carbocycles. The molecule has 3 heterocycles. The number of benzene rings is 1. The van der Waals surface area contributed by atoms with E-state index in [-0.39, 0.29) is 5.82 Å². The number of nitrogens with zero attached hydrogens (tertiary/aromatic N) is 4. The lowest BCUT2D eigenvalue weighted by molar-refractivity contribution is 0.250. The fourth-order valence-electron chi connectivity index (χ4n) is 3.15. The maximum Gasteiger partial charge on any atom is 0.185 e. The molecule has 1 aromatic carbocycles. The minimum absolute atomic E-state index is 0.203. The lowest BCUT2D eigenvalue weighted by Gasteiger charge is -2.34. The van der Waals surface area contributed by atoms with Gasteiger partial charge < -0.3 is 4.90 Å². The van der Waals surface area contributed by atoms with Gasteiger partial charge in [0.05, 0.1) is 11.2 Å². The van der Waals surface area contributed by atoms with Crippen LogP contribution in [-0.2, 0) is 6.54 Å². The van der Waals surface area contributed by atoms with Crippen molar-refractivity contribution in [2.24, 2.45) is 0 Å². The molecule has 0 aliphatic carbocycles. The Bertz CT molecular complexity index is 855. The second-order valence-electron chi connectivity index (χ2n) is 6.14. The number of hydrogen-bond acceptors (Lipinski definition) is 5. The third-order valence-electron chi connectivity index (χ3n) is 4.44. The number of halogens is 1. The molecular formula is C18H19FN4S. The van der Waals surface area contributed by atoms with Gasteiger partial charge in [0.1, 0.15) is 5.82 Å². The van der Waals surface area contributed by atoms with E-state index < -0.39 is 0 Å². The Hall–Kier alpha value is -2.05. The number of hydrogen-bond donors (Lipinski definition) is 0. The zero-order valence-corrected chi connectivity index (χ0v) is 14.4. The average Bonchev–Trinajstić information content (AvgIpc) is 3.05. The summed E-state index contributed by atoms with van der Waals surface area (Å²) in [6, 6.07) is 6.99. The van der Waals surface area contributed by atoms with Gasteiger partial charge in [-0.25, -0.2) is 9.37 Å². The van der Waals surface area contributed by atoms with Crippen molar-refractivity contribution < 1.29 is 4.39 Å². The molecule has 0 N–H and O–H groups in total. The Morgan fingerprint density at radius 1 is 1.17 bits per heavy atom. The fraction of sp³-hybridized carbons (Fsp3) is 0.333. The summed E-state index contributed by atoms with van der Waals surface area (Å²) in [6.45, 7) is 6.73. The fourth-order valence-corrected chi connectivity index (χ4v) is 4.01. The van der Waals surface area contributed by atoms with E-state index in [4.69, 9.17) is 0 Å². The van der Waals surface area contributed by atoms with E-state index in [0.29, 0.717) is 5.39 Å². The summed E-state index contributed by atoms with van der Waals surface area (Å²) in [5, 5.41) is 3.81. The van der Waals surface area contributed by atoms with Crippen LogP contribution in [0.4, 0.5) is 9.52 Å². The van der Waals surface area contributed by atoms with E-state index >= 15 is 0 Å². The molecule has 24 heavy (non-hydrogen) atoms. The van der Waals surface area contributed by atoms with Crippen LogP contribution >= 0.6 is 11.3 Å². The van der Waals surface area contributed by atoms with Gasteiger partial charge in [0.25, 0.3) is 0 Å². The molecule has 124 valence electrons. The van der Waals surface area contributed by atoms with Crippen LogP contribution in [0, 0.1) is 12.7 Å². The molecule has 0 unspecified atom stereocenters. The van der Waals surface area contributed by atoms with E-state index in [1.54, 1.807) is 35.7 Å². The number of piperazine rings is 1. The second-order valence-corrected chi connectivity index (χ2v) is 6.98. The first-order valence-corrected chi connectivity index (χ1v) is 9.00. The molecule has 2 aromatic heterocycles. The lowest BCUT2D eigenvalue weighted by atomic mass is 10.1. The average molecular weight is 342 g/mol. The summed E-state index contributed by atoms with van der Waals surface area (Å²) in [5.41, 5.74) is 2.95. The molecule has 0 radical (unpaired) electrons. The summed E-state index contributed by atoms with van der Waals surface area (Å²) in [5.74, 6) is -0.203. The first-order chi connectivity index (χ1) is 11.7. The monoisotopic (exact) mass is 342 g/mol. The number of fused-ring (bicyclic) bond motifs is 1. The highest BCUT2D eigenvalue weighted by molar-refractivity contribution is 7.13. The Kier molecular flexibility index (Phi) is 4.16. The van der Waals surface area contributed by atoms with Crippen molar-refractivity contribution in [1.82, 2.24) is 14.9 Å². The number of pyridine rings is 1. The quantitative estimate of drug-likeness (QED) is 0.730. The second kappa shape index (κ2) is 6.45. The van der Waals surface area contributed by atoms with Gasteiger partial charge in [-0.15, -0.1) is 11.3 Å². The lowest BCUT2D eigenvalue weighted by Crippen LogP contribution is -2.46. The van der Waals surface area contributed by atoms with Crippen LogP contribution in [0.2, 0.25) is 0 Å². The van der Waals surface area contributed by atoms with Gasteiger partial charge in [-0.05, 0) is 30.7 Å². The van der Waals surface area contributed by atoms with Crippen molar-refractivity contribution >= 4 is 27.4 Å². The summed E-state index contributed by atoms with van der Waals surface area (Å²) in [6.07, 6.45) is 1.73. The smallest absolute Gasteiger partial charge is 0.185 e. The van der Waals surface area contributed by atoms with Gasteiger partial charge in [-0.2, -0.15) is 0 Å². The third-order valence-corrected chi connectivity index (χ3v) is 5.46. The molecule has 0 amide bonds. The Labute approximate surface area is 144 Å². The van der Waals surface area contributed by atoms with Crippen molar-refractivity contribution in [3.05, 3.63) is 52.9 Å². The van der Waals surface area contributed by atoms with Crippen LogP contribution in [0.15, 0.2) is 35.8 Å². The van der Waals surface area contributed by atoms with Gasteiger partial charge in [-0.1, -0.05) is 6.07 Å². The van der Waals surface area contributed by atoms with Gasteiger partial charge in [0, 0.05) is 49.7 Å². The summed E-state index contributed by atoms with van der Waals surface area (Å²) >= 11 is 1.71. The SMILES string of the molecule is Cc1csc(N2CCN(Cc3ccc(F)c4cccnc34)CC2)n1. The molecule has 0 spiro atoms. The van der Waals surface area contributed by atoms with Crippen molar-refractivity contribution in [2.45, 2.75) is 13.5 Å². The standard InChI is InChI=1S/C18H19FN4S/c1-13-12-24-18(21-13)23-9-7-22(8-10-23)11-14-4-5-16(19)15-3-2-6-20-17(14)15/h2-6,12H,7-11H2,1H3. The van der Waals surface area contributed by atoms with Crippen LogP contribution < -0.4 is 4.90 Å². The minimum Gasteiger partial charge on any atom is -0.346 e. The number of aryl methyl sites for hydroxylation is 1. The van der Waals surface area contributed by atoms with Crippen molar-refractivity contribution in [3.63, 3.8) is 0 Å². The zero-order chi connectivity index (χ0) is 16.5. The third kappa shape index (κ3) is 2.99. The highest BCUT2D eigenvalue weighted by Crippen LogP contribution is 2.24. The molecule has 1 fully saturated rings. The van der Waals surface area contributed by atoms with E-state index in [1.807, 2.05) is 13.0 Å². The number of rotatable bonds is 3. The summed E-state index contributed by atoms with van der Waals surface area (Å²) < 4.78 is 13.9. The summed E-state index contributed by atoms with van der Waals surface area (Å²) in [7, 11) is 0. The molecule has 1 aliphatic heterocycles. The molecule has 6 heteroatoms. The first-order valence-electron chi connectivity index (χ1n) is 8.12. The van der Waals surface area contributed by atoms with E-state index in [0.717, 1.165) is 54.6 Å². The Morgan fingerprint density at radius 3 is 2.75 bits per heavy atom. The van der Waals surface area contributed by atoms with Gasteiger partial charge in [0.15, 0.2) is 5.13 Å². The molecule has 3 aromatic rings. The maximum absolute atomic E-state index is 13.9. The van der Waals surface area contributed by atoms with Crippen LogP contribution in [0.1, 0.15) is 11.3 Å². The van der Waals surface area contributed by atoms with Crippen LogP contribution in [0.25, 0.3) is 10.9 Å². The molecule has 4 rings (SSSR count). The van der Waals surface area contributed by atoms with Crippen LogP contribution in [0.3, 0.4) is 0 Å². The van der Waals surface area contributed by atoms with Crippen molar-refractivity contribution in [1.29, 1.82) is 0 Å². The Morgan fingerprint density at radius 2 is 2.00 bits per heavy atom. The van der Waals surface area contributed by atoms with E-state index in [9.17, 15) is 4.39 Å². The van der Waals surface area contributed by atoms with Crippen LogP contribution in [0.5, 0.6) is 0 Å². The normalized spacial score (nSPS) is 16.0. The Balaban J connectivity index is 1.47. The van der Waals surface area contributed by atoms with Gasteiger partial charge >= 0.3 is 0 Å². The zero-order valence-electron chi connectivity index (χ0n) is 13.6. The largest absolute Gasteiger partial charge is 0.346 e. The van der Waals surface area contributed by atoms with Crippen LogP contribution in [-0.4, -0.2) is 41.0 Å². The molecule has 1 aliphatic rings. The highest BCUT2D eigenvalue weighted by Gasteiger charge is 2.20. The molecule has 0 atom stereocenters. The van der Waals surface area contributed by atoms with E-state index in [1.165, 1.54) is 0 Å². The predicted octanol–water partition coefficient (Wildman–Crippen LogP) is 3.46. The van der Waals surface area contributed by atoms with Crippen molar-refractivity contribution in [3.8, 4) is 0 Å². The highest BCUT2D eigenvalue weighted by atomic mass is 32.1. The van der Waals surface area contributed by atoms with E-state index in [2.05, 4.69) is 25.1 Å². The van der Waals surface area contributed by atoms with Crippen molar-refractivity contribution in [2.75, 3.05) is 31.1 Å². The number of aromatic nitrogens is 2. The molecule has 1 saturated heterocycles. The topological polar surface area (TPSA) is 32.3 Å². The predicted molar refractivity (Wildman–Crippen MR) is 96.0 cm³/mol. The number of thiazole rings is 1. The molecule has 0 bridgehead atoms. The number of anilines is 1. The summed E-state index contributed by atoms with van der Waals surface area (Å²) in [4.78, 5) is 13.7. The van der Waals surface area contributed by atoms with Gasteiger partial charge in [0.2, 0.25) is 0 Å². The minimum atomic E-state index is -0.203. The molecule has 4 nitrogen and oxygen atoms in total.